The number of benzene rings is 1. The smallest absolute Gasteiger partial charge is 0.303 e. The average molecular weight is 272 g/mol. The van der Waals surface area contributed by atoms with Crippen molar-refractivity contribution in [1.29, 1.82) is 0 Å². The highest BCUT2D eigenvalue weighted by Gasteiger charge is 2.14. The lowest BCUT2D eigenvalue weighted by atomic mass is 9.86. The molecule has 1 aromatic rings. The summed E-state index contributed by atoms with van der Waals surface area (Å²) in [5.41, 5.74) is 3.02. The molecule has 0 amide bonds. The third-order valence-corrected chi connectivity index (χ3v) is 2.52. The monoisotopic (exact) mass is 272 g/mol. The van der Waals surface area contributed by atoms with Gasteiger partial charge in [0, 0.05) is 0 Å². The summed E-state index contributed by atoms with van der Waals surface area (Å²) in [6.07, 6.45) is 0. The first-order valence-electron chi connectivity index (χ1n) is 5.06. The molecule has 4 nitrogen and oxygen atoms in total. The van der Waals surface area contributed by atoms with Gasteiger partial charge in [-0.25, -0.2) is 4.57 Å². The molecule has 2 radical (unpaired) electrons. The number of hydrogen-bond donors (Lipinski definition) is 3. The fraction of sp³-hybridized carbons (Fsp3) is 0.455. The Morgan fingerprint density at radius 2 is 1.59 bits per heavy atom. The molecule has 0 unspecified atom stereocenters. The van der Waals surface area contributed by atoms with E-state index in [4.69, 9.17) is 19.2 Å². The van der Waals surface area contributed by atoms with E-state index in [-0.39, 0.29) is 5.41 Å². The second kappa shape index (κ2) is 6.15. The van der Waals surface area contributed by atoms with Crippen molar-refractivity contribution in [2.45, 2.75) is 33.1 Å². The Labute approximate surface area is 110 Å². The first kappa shape index (κ1) is 16.9. The van der Waals surface area contributed by atoms with E-state index in [1.165, 1.54) is 15.6 Å². The average Bonchev–Trinajstić information content (AvgIpc) is 2.04. The summed E-state index contributed by atoms with van der Waals surface area (Å²) in [7, 11) is -4.64. The summed E-state index contributed by atoms with van der Waals surface area (Å²) >= 11 is 2.80. The van der Waals surface area contributed by atoms with Crippen LogP contribution in [-0.2, 0) is 9.98 Å². The highest BCUT2D eigenvalue weighted by molar-refractivity contribution is 7.45. The van der Waals surface area contributed by atoms with Crippen LogP contribution in [0.2, 0.25) is 0 Å². The van der Waals surface area contributed by atoms with Crippen LogP contribution in [0.4, 0.5) is 0 Å². The molecule has 0 aliphatic rings. The van der Waals surface area contributed by atoms with Gasteiger partial charge in [0.25, 0.3) is 0 Å². The van der Waals surface area contributed by atoms with Crippen molar-refractivity contribution in [2.24, 2.45) is 0 Å². The van der Waals surface area contributed by atoms with Gasteiger partial charge in [-0.1, -0.05) is 50.1 Å². The van der Waals surface area contributed by atoms with E-state index in [9.17, 15) is 0 Å². The zero-order valence-electron chi connectivity index (χ0n) is 10.5. The van der Waals surface area contributed by atoms with Gasteiger partial charge in [0.2, 0.25) is 0 Å². The van der Waals surface area contributed by atoms with Gasteiger partial charge in [-0.15, -0.1) is 4.43 Å². The Bertz CT molecular complexity index is 412. The molecule has 6 heteroatoms. The van der Waals surface area contributed by atoms with Crippen LogP contribution in [-0.4, -0.2) is 31.0 Å². The molecule has 0 aromatic heterocycles. The van der Waals surface area contributed by atoms with Crippen LogP contribution in [0.1, 0.15) is 31.9 Å². The minimum Gasteiger partial charge on any atom is -0.303 e. The Hall–Kier alpha value is -0.138. The maximum Gasteiger partial charge on any atom is 0.466 e. The van der Waals surface area contributed by atoms with E-state index in [1.807, 2.05) is 0 Å². The van der Waals surface area contributed by atoms with Gasteiger partial charge in [-0.2, -0.15) is 0 Å². The lowest BCUT2D eigenvalue weighted by Gasteiger charge is -2.22. The second-order valence-corrected chi connectivity index (χ2v) is 6.50. The third kappa shape index (κ3) is 8.57. The molecule has 0 spiro atoms. The highest BCUT2D eigenvalue weighted by Crippen LogP contribution is 2.25. The Balaban J connectivity index is 0.000000437. The van der Waals surface area contributed by atoms with Crippen molar-refractivity contribution in [3.05, 3.63) is 29.3 Å². The Kier molecular flexibility index (Phi) is 6.10. The minimum absolute atomic E-state index is 0.253. The molecule has 0 saturated carbocycles. The molecule has 3 N–H and O–H groups in total. The first-order chi connectivity index (χ1) is 7.41. The van der Waals surface area contributed by atoms with Crippen LogP contribution >= 0.6 is 7.82 Å². The maximum atomic E-state index is 8.88. The van der Waals surface area contributed by atoms with E-state index < -0.39 is 7.82 Å². The molecule has 0 heterocycles. The number of phosphoric acid groups is 1. The van der Waals surface area contributed by atoms with E-state index in [2.05, 4.69) is 62.2 Å². The minimum atomic E-state index is -4.64. The zero-order chi connectivity index (χ0) is 13.9. The lowest BCUT2D eigenvalue weighted by molar-refractivity contribution is 0.275. The van der Waals surface area contributed by atoms with Gasteiger partial charge in [0.15, 0.2) is 16.3 Å². The van der Waals surface area contributed by atoms with Crippen LogP contribution in [0.3, 0.4) is 0 Å². The van der Waals surface area contributed by atoms with Crippen molar-refractivity contribution in [3.63, 3.8) is 0 Å². The first-order valence-corrected chi connectivity index (χ1v) is 7.20. The maximum absolute atomic E-state index is 8.88. The van der Waals surface area contributed by atoms with E-state index in [0.717, 1.165) is 0 Å². The van der Waals surface area contributed by atoms with Crippen LogP contribution in [0.25, 0.3) is 0 Å². The molecule has 0 atom stereocenters. The van der Waals surface area contributed by atoms with E-state index in [1.54, 1.807) is 0 Å². The van der Waals surface area contributed by atoms with Crippen LogP contribution in [0.15, 0.2) is 18.2 Å². The molecule has 94 valence electrons. The summed E-state index contributed by atoms with van der Waals surface area (Å²) in [4.78, 5) is 21.6. The standard InChI is InChI=1S/C11H15.Al.H3O4P/c1-9-6-5-7-10(8-9)11(2,3)4;;1-5(2,3)4/h5-6,8H,1-4H3;;(H3,1,2,3,4). The summed E-state index contributed by atoms with van der Waals surface area (Å²) in [5.74, 6) is 0. The topological polar surface area (TPSA) is 77.8 Å². The highest BCUT2D eigenvalue weighted by atomic mass is 31.2. The molecule has 1 rings (SSSR count). The number of aryl methyl sites for hydroxylation is 1. The Morgan fingerprint density at radius 3 is 1.88 bits per heavy atom. The molecular weight excluding hydrogens is 254 g/mol. The van der Waals surface area contributed by atoms with Gasteiger partial charge >= 0.3 is 7.82 Å². The van der Waals surface area contributed by atoms with E-state index >= 15 is 0 Å². The predicted molar refractivity (Wildman–Crippen MR) is 69.5 cm³/mol. The van der Waals surface area contributed by atoms with Crippen molar-refractivity contribution >= 4 is 28.5 Å². The van der Waals surface area contributed by atoms with Gasteiger partial charge < -0.3 is 14.7 Å². The normalized spacial score (nSPS) is 11.7. The molecule has 0 saturated heterocycles. The molecule has 1 aromatic carbocycles. The molecule has 0 bridgehead atoms. The van der Waals surface area contributed by atoms with Gasteiger partial charge in [0.05, 0.1) is 0 Å². The van der Waals surface area contributed by atoms with Gasteiger partial charge in [0.1, 0.15) is 0 Å². The second-order valence-electron chi connectivity index (χ2n) is 4.85. The third-order valence-electron chi connectivity index (χ3n) is 2.02. The van der Waals surface area contributed by atoms with Crippen molar-refractivity contribution in [3.8, 4) is 0 Å². The Morgan fingerprint density at radius 1 is 1.18 bits per heavy atom. The molecule has 17 heavy (non-hydrogen) atoms. The fourth-order valence-electron chi connectivity index (χ4n) is 1.32. The lowest BCUT2D eigenvalue weighted by Crippen LogP contribution is -2.22. The van der Waals surface area contributed by atoms with Crippen molar-refractivity contribution in [1.82, 2.24) is 0 Å². The summed E-state index contributed by atoms with van der Waals surface area (Å²) in [6.45, 7) is 8.87. The fourth-order valence-corrected chi connectivity index (χ4v) is 1.93. The number of hydrogen-bond acceptors (Lipinski definition) is 1. The summed E-state index contributed by atoms with van der Waals surface area (Å²) < 4.78 is 10.2. The van der Waals surface area contributed by atoms with Crippen molar-refractivity contribution < 1.29 is 19.2 Å². The molecular formula is C11H18AlO4P. The van der Waals surface area contributed by atoms with Crippen LogP contribution < -0.4 is 4.43 Å². The summed E-state index contributed by atoms with van der Waals surface area (Å²) in [6, 6.07) is 6.58. The summed E-state index contributed by atoms with van der Waals surface area (Å²) in [5, 5.41) is 0. The predicted octanol–water partition coefficient (Wildman–Crippen LogP) is 1.16. The SMILES string of the molecule is Cc1cc[c]([Al])c(C(C)(C)C)c1.O=P(O)(O)O. The van der Waals surface area contributed by atoms with Crippen LogP contribution in [0, 0.1) is 6.92 Å². The van der Waals surface area contributed by atoms with Crippen LogP contribution in [0.5, 0.6) is 0 Å². The van der Waals surface area contributed by atoms with Gasteiger partial charge in [-0.05, 0) is 12.3 Å². The number of rotatable bonds is 0. The molecule has 0 aliphatic heterocycles. The van der Waals surface area contributed by atoms with Crippen molar-refractivity contribution in [2.75, 3.05) is 0 Å². The molecule has 0 fully saturated rings. The van der Waals surface area contributed by atoms with E-state index in [0.29, 0.717) is 0 Å². The van der Waals surface area contributed by atoms with Gasteiger partial charge in [-0.3, -0.25) is 0 Å². The largest absolute Gasteiger partial charge is 0.466 e. The zero-order valence-corrected chi connectivity index (χ0v) is 12.6. The molecule has 0 aliphatic carbocycles. The quantitative estimate of drug-likeness (QED) is 0.489.